The Hall–Kier alpha value is -3.30. The van der Waals surface area contributed by atoms with Gasteiger partial charge in [0.2, 0.25) is 5.82 Å². The largest absolute Gasteiger partial charge is 0.353 e. The van der Waals surface area contributed by atoms with Crippen molar-refractivity contribution in [1.29, 1.82) is 0 Å². The zero-order valence-electron chi connectivity index (χ0n) is 11.5. The van der Waals surface area contributed by atoms with Gasteiger partial charge in [-0.1, -0.05) is 0 Å². The van der Waals surface area contributed by atoms with E-state index in [1.54, 1.807) is 24.5 Å². The Morgan fingerprint density at radius 3 is 2.77 bits per heavy atom. The summed E-state index contributed by atoms with van der Waals surface area (Å²) in [6.45, 7) is 1.52. The maximum atomic E-state index is 11.8. The Kier molecular flexibility index (Phi) is 4.75. The Morgan fingerprint density at radius 1 is 1.36 bits per heavy atom. The lowest BCUT2D eigenvalue weighted by Gasteiger charge is -2.11. The first-order valence-electron chi connectivity index (χ1n) is 6.25. The number of nitrogens with one attached hydrogen (secondary N) is 4. The van der Waals surface area contributed by atoms with Crippen LogP contribution in [-0.2, 0) is 4.79 Å². The molecule has 22 heavy (non-hydrogen) atoms. The monoisotopic (exact) mass is 303 g/mol. The maximum absolute atomic E-state index is 11.8. The van der Waals surface area contributed by atoms with E-state index in [4.69, 9.17) is 0 Å². The van der Waals surface area contributed by atoms with Crippen molar-refractivity contribution in [3.8, 4) is 0 Å². The average Bonchev–Trinajstić information content (AvgIpc) is 2.51. The molecule has 0 radical (unpaired) electrons. The van der Waals surface area contributed by atoms with Gasteiger partial charge in [0.15, 0.2) is 0 Å². The average molecular weight is 303 g/mol. The Bertz CT molecular complexity index is 781. The van der Waals surface area contributed by atoms with E-state index in [1.165, 1.54) is 13.1 Å². The molecule has 1 atom stereocenters. The molecule has 4 N–H and O–H groups in total. The second-order valence-corrected chi connectivity index (χ2v) is 4.24. The molecule has 0 unspecified atom stereocenters. The summed E-state index contributed by atoms with van der Waals surface area (Å²) in [7, 11) is 0. The highest BCUT2D eigenvalue weighted by Gasteiger charge is 2.14. The van der Waals surface area contributed by atoms with Gasteiger partial charge in [0.1, 0.15) is 6.04 Å². The van der Waals surface area contributed by atoms with Crippen LogP contribution in [-0.4, -0.2) is 38.3 Å². The van der Waals surface area contributed by atoms with E-state index < -0.39 is 23.2 Å². The lowest BCUT2D eigenvalue weighted by atomic mass is 10.3. The maximum Gasteiger partial charge on any atom is 0.342 e. The van der Waals surface area contributed by atoms with Crippen LogP contribution in [0.5, 0.6) is 0 Å². The van der Waals surface area contributed by atoms with Crippen LogP contribution in [0.3, 0.4) is 0 Å². The molecule has 114 valence electrons. The van der Waals surface area contributed by atoms with Gasteiger partial charge in [0, 0.05) is 12.4 Å². The highest BCUT2D eigenvalue weighted by molar-refractivity contribution is 5.86. The van der Waals surface area contributed by atoms with Gasteiger partial charge in [-0.05, 0) is 24.6 Å². The zero-order valence-corrected chi connectivity index (χ0v) is 11.5. The number of H-pyrrole nitrogens is 2. The molecule has 0 saturated carbocycles. The second kappa shape index (κ2) is 6.92. The molecule has 0 spiro atoms. The zero-order chi connectivity index (χ0) is 15.9. The minimum atomic E-state index is -0.783. The lowest BCUT2D eigenvalue weighted by molar-refractivity contribution is -0.121. The van der Waals surface area contributed by atoms with Gasteiger partial charge in [-0.15, -0.1) is 5.10 Å². The van der Waals surface area contributed by atoms with E-state index >= 15 is 0 Å². The number of carbonyl (C=O) groups excluding carboxylic acids is 1. The number of rotatable bonds is 5. The van der Waals surface area contributed by atoms with E-state index in [0.717, 1.165) is 5.56 Å². The van der Waals surface area contributed by atoms with Crippen molar-refractivity contribution in [2.24, 2.45) is 5.10 Å². The number of aromatic amines is 2. The van der Waals surface area contributed by atoms with Crippen molar-refractivity contribution in [3.63, 3.8) is 0 Å². The summed E-state index contributed by atoms with van der Waals surface area (Å²) in [4.78, 5) is 39.9. The molecular weight excluding hydrogens is 290 g/mol. The third-order valence-electron chi connectivity index (χ3n) is 2.55. The topological polar surface area (TPSA) is 145 Å². The Labute approximate surface area is 123 Å². The van der Waals surface area contributed by atoms with Crippen molar-refractivity contribution in [2.75, 3.05) is 5.32 Å². The number of hydrogen-bond acceptors (Lipinski definition) is 7. The molecule has 0 aliphatic rings. The molecule has 0 saturated heterocycles. The van der Waals surface area contributed by atoms with Crippen molar-refractivity contribution < 1.29 is 4.79 Å². The van der Waals surface area contributed by atoms with Gasteiger partial charge in [-0.3, -0.25) is 19.6 Å². The molecule has 1 amide bonds. The van der Waals surface area contributed by atoms with Crippen LogP contribution in [0.4, 0.5) is 5.82 Å². The number of hydrogen-bond donors (Lipinski definition) is 4. The number of nitrogens with zero attached hydrogens (tertiary/aromatic N) is 3. The summed E-state index contributed by atoms with van der Waals surface area (Å²) in [5.74, 6) is -0.641. The number of pyridine rings is 1. The number of carbonyl (C=O) groups is 1. The molecule has 0 bridgehead atoms. The molecule has 0 aliphatic carbocycles. The lowest BCUT2D eigenvalue weighted by Crippen LogP contribution is -2.38. The summed E-state index contributed by atoms with van der Waals surface area (Å²) in [5.41, 5.74) is 1.64. The predicted octanol–water partition coefficient (Wildman–Crippen LogP) is -1.20. The van der Waals surface area contributed by atoms with E-state index in [0.29, 0.717) is 0 Å². The van der Waals surface area contributed by atoms with Gasteiger partial charge in [0.05, 0.1) is 6.21 Å². The summed E-state index contributed by atoms with van der Waals surface area (Å²) < 4.78 is 0. The Balaban J connectivity index is 1.93. The van der Waals surface area contributed by atoms with E-state index in [9.17, 15) is 14.4 Å². The van der Waals surface area contributed by atoms with Crippen LogP contribution in [0.2, 0.25) is 0 Å². The van der Waals surface area contributed by atoms with Crippen molar-refractivity contribution in [3.05, 3.63) is 50.9 Å². The molecule has 10 heteroatoms. The molecule has 2 aromatic rings. The smallest absolute Gasteiger partial charge is 0.342 e. The number of hydrazone groups is 1. The first-order valence-corrected chi connectivity index (χ1v) is 6.25. The number of anilines is 1. The SMILES string of the molecule is C[C@H](Nc1n[nH]c(=O)[nH]c1=O)C(=O)N/N=C\c1ccncc1. The highest BCUT2D eigenvalue weighted by Crippen LogP contribution is 1.94. The minimum Gasteiger partial charge on any atom is -0.353 e. The molecule has 0 fully saturated rings. The van der Waals surface area contributed by atoms with Crippen LogP contribution in [0.1, 0.15) is 12.5 Å². The van der Waals surface area contributed by atoms with Crippen molar-refractivity contribution >= 4 is 17.9 Å². The van der Waals surface area contributed by atoms with Crippen LogP contribution in [0, 0.1) is 0 Å². The number of amides is 1. The van der Waals surface area contributed by atoms with Gasteiger partial charge in [-0.25, -0.2) is 15.3 Å². The highest BCUT2D eigenvalue weighted by atomic mass is 16.2. The molecule has 2 heterocycles. The quantitative estimate of drug-likeness (QED) is 0.403. The molecule has 10 nitrogen and oxygen atoms in total. The van der Waals surface area contributed by atoms with Crippen LogP contribution < -0.4 is 22.0 Å². The second-order valence-electron chi connectivity index (χ2n) is 4.24. The van der Waals surface area contributed by atoms with Crippen LogP contribution >= 0.6 is 0 Å². The van der Waals surface area contributed by atoms with Crippen LogP contribution in [0.25, 0.3) is 0 Å². The standard InChI is InChI=1S/C12H13N7O3/c1-7(15-9-11(21)16-12(22)19-17-9)10(20)18-14-6-8-2-4-13-5-3-8/h2-7H,1H3,(H,15,17)(H,18,20)(H2,16,19,21,22)/b14-6-/t7-/m0/s1. The van der Waals surface area contributed by atoms with Crippen LogP contribution in [0.15, 0.2) is 39.2 Å². The summed E-state index contributed by atoms with van der Waals surface area (Å²) >= 11 is 0. The van der Waals surface area contributed by atoms with Gasteiger partial charge < -0.3 is 5.32 Å². The first-order chi connectivity index (χ1) is 10.6. The molecular formula is C12H13N7O3. The summed E-state index contributed by atoms with van der Waals surface area (Å²) in [6, 6.07) is 2.66. The van der Waals surface area contributed by atoms with Crippen molar-refractivity contribution in [2.45, 2.75) is 13.0 Å². The van der Waals surface area contributed by atoms with Gasteiger partial charge in [-0.2, -0.15) is 5.10 Å². The molecule has 2 aromatic heterocycles. The van der Waals surface area contributed by atoms with Gasteiger partial charge >= 0.3 is 5.69 Å². The molecule has 0 aromatic carbocycles. The third-order valence-corrected chi connectivity index (χ3v) is 2.55. The van der Waals surface area contributed by atoms with E-state index in [-0.39, 0.29) is 5.82 Å². The summed E-state index contributed by atoms with van der Waals surface area (Å²) in [6.07, 6.45) is 4.65. The third kappa shape index (κ3) is 4.10. The van der Waals surface area contributed by atoms with E-state index in [1.807, 2.05) is 4.98 Å². The van der Waals surface area contributed by atoms with Gasteiger partial charge in [0.25, 0.3) is 11.5 Å². The number of aromatic nitrogens is 4. The Morgan fingerprint density at radius 2 is 2.09 bits per heavy atom. The summed E-state index contributed by atoms with van der Waals surface area (Å²) in [5, 5.41) is 11.9. The molecule has 2 rings (SSSR count). The normalized spacial score (nSPS) is 12.0. The minimum absolute atomic E-state index is 0.166. The first kappa shape index (κ1) is 15.1. The predicted molar refractivity (Wildman–Crippen MR) is 78.5 cm³/mol. The van der Waals surface area contributed by atoms with Crippen molar-refractivity contribution in [1.82, 2.24) is 25.6 Å². The fourth-order valence-corrected chi connectivity index (χ4v) is 1.43. The fourth-order valence-electron chi connectivity index (χ4n) is 1.43. The fraction of sp³-hybridized carbons (Fsp3) is 0.167. The van der Waals surface area contributed by atoms with E-state index in [2.05, 4.69) is 31.0 Å². The molecule has 0 aliphatic heterocycles.